The van der Waals surface area contributed by atoms with Crippen LogP contribution >= 0.6 is 23.8 Å². The molecule has 2 rings (SSSR count). The molecule has 2 N–H and O–H groups in total. The Bertz CT molecular complexity index is 672. The number of aromatic nitrogens is 1. The monoisotopic (exact) mass is 319 g/mol. The highest BCUT2D eigenvalue weighted by molar-refractivity contribution is 7.80. The molecular formula is C16H18ClN3S. The SMILES string of the molecule is Cc1ccc(C(N)=S)c(N(C)C(C)c2cccc(Cl)c2)n1. The van der Waals surface area contributed by atoms with Crippen molar-refractivity contribution in [1.82, 2.24) is 4.98 Å². The summed E-state index contributed by atoms with van der Waals surface area (Å²) >= 11 is 11.2. The molecule has 0 fully saturated rings. The van der Waals surface area contributed by atoms with Crippen LogP contribution in [0.3, 0.4) is 0 Å². The molecule has 0 saturated heterocycles. The van der Waals surface area contributed by atoms with Crippen molar-refractivity contribution in [2.24, 2.45) is 5.73 Å². The second-order valence-electron chi connectivity index (χ2n) is 5.03. The summed E-state index contributed by atoms with van der Waals surface area (Å²) in [6.07, 6.45) is 0. The number of hydrogen-bond donors (Lipinski definition) is 1. The number of nitrogens with two attached hydrogens (primary N) is 1. The van der Waals surface area contributed by atoms with Crippen LogP contribution < -0.4 is 10.6 Å². The number of pyridine rings is 1. The van der Waals surface area contributed by atoms with Gasteiger partial charge in [0, 0.05) is 17.8 Å². The summed E-state index contributed by atoms with van der Waals surface area (Å²) in [7, 11) is 1.98. The van der Waals surface area contributed by atoms with Gasteiger partial charge < -0.3 is 10.6 Å². The molecule has 1 heterocycles. The molecule has 1 aromatic carbocycles. The van der Waals surface area contributed by atoms with Gasteiger partial charge in [-0.3, -0.25) is 0 Å². The average molecular weight is 320 g/mol. The van der Waals surface area contributed by atoms with E-state index in [0.29, 0.717) is 4.99 Å². The molecule has 1 atom stereocenters. The topological polar surface area (TPSA) is 42.1 Å². The largest absolute Gasteiger partial charge is 0.389 e. The standard InChI is InChI=1S/C16H18ClN3S/c1-10-7-8-14(15(18)21)16(19-10)20(3)11(2)12-5-4-6-13(17)9-12/h4-9,11H,1-3H3,(H2,18,21). The molecule has 0 amide bonds. The Balaban J connectivity index is 2.41. The maximum absolute atomic E-state index is 6.07. The van der Waals surface area contributed by atoms with Gasteiger partial charge in [-0.2, -0.15) is 0 Å². The molecule has 0 bridgehead atoms. The summed E-state index contributed by atoms with van der Waals surface area (Å²) in [5, 5.41) is 0.722. The second-order valence-corrected chi connectivity index (χ2v) is 5.91. The Morgan fingerprint density at radius 2 is 2.05 bits per heavy atom. The fourth-order valence-electron chi connectivity index (χ4n) is 2.18. The first-order valence-electron chi connectivity index (χ1n) is 6.66. The summed E-state index contributed by atoms with van der Waals surface area (Å²) in [6.45, 7) is 4.05. The maximum Gasteiger partial charge on any atom is 0.139 e. The second kappa shape index (κ2) is 6.41. The zero-order valence-corrected chi connectivity index (χ0v) is 13.9. The third kappa shape index (κ3) is 3.52. The Morgan fingerprint density at radius 1 is 1.33 bits per heavy atom. The van der Waals surface area contributed by atoms with Gasteiger partial charge in [0.15, 0.2) is 0 Å². The first-order chi connectivity index (χ1) is 9.90. The Kier molecular flexibility index (Phi) is 4.80. The number of rotatable bonds is 4. The predicted octanol–water partition coefficient (Wildman–Crippen LogP) is 3.88. The lowest BCUT2D eigenvalue weighted by atomic mass is 10.1. The van der Waals surface area contributed by atoms with Crippen molar-refractivity contribution in [3.63, 3.8) is 0 Å². The van der Waals surface area contributed by atoms with E-state index in [9.17, 15) is 0 Å². The molecule has 3 nitrogen and oxygen atoms in total. The van der Waals surface area contributed by atoms with Crippen LogP contribution in [0.15, 0.2) is 36.4 Å². The van der Waals surface area contributed by atoms with Gasteiger partial charge >= 0.3 is 0 Å². The van der Waals surface area contributed by atoms with E-state index in [-0.39, 0.29) is 6.04 Å². The zero-order chi connectivity index (χ0) is 15.6. The molecule has 0 radical (unpaired) electrons. The molecular weight excluding hydrogens is 302 g/mol. The van der Waals surface area contributed by atoms with Gasteiger partial charge in [0.1, 0.15) is 10.8 Å². The van der Waals surface area contributed by atoms with Crippen LogP contribution in [0.2, 0.25) is 5.02 Å². The quantitative estimate of drug-likeness (QED) is 0.869. The van der Waals surface area contributed by atoms with Gasteiger partial charge in [0.2, 0.25) is 0 Å². The van der Waals surface area contributed by atoms with E-state index in [1.165, 1.54) is 0 Å². The molecule has 1 aromatic heterocycles. The van der Waals surface area contributed by atoms with Crippen LogP contribution in [0.5, 0.6) is 0 Å². The van der Waals surface area contributed by atoms with Crippen molar-refractivity contribution in [3.8, 4) is 0 Å². The molecule has 0 aliphatic carbocycles. The molecule has 1 unspecified atom stereocenters. The number of benzene rings is 1. The normalized spacial score (nSPS) is 12.0. The van der Waals surface area contributed by atoms with Gasteiger partial charge in [0.25, 0.3) is 0 Å². The fraction of sp³-hybridized carbons (Fsp3) is 0.250. The Labute approximate surface area is 135 Å². The third-order valence-electron chi connectivity index (χ3n) is 3.53. The van der Waals surface area contributed by atoms with Crippen LogP contribution in [0.4, 0.5) is 5.82 Å². The number of thiocarbonyl (C=S) groups is 1. The van der Waals surface area contributed by atoms with Crippen molar-refractivity contribution in [2.45, 2.75) is 19.9 Å². The molecule has 0 saturated carbocycles. The maximum atomic E-state index is 6.07. The number of aryl methyl sites for hydroxylation is 1. The van der Waals surface area contributed by atoms with Gasteiger partial charge in [0.05, 0.1) is 11.6 Å². The molecule has 0 aliphatic heterocycles. The minimum atomic E-state index is 0.103. The van der Waals surface area contributed by atoms with E-state index in [0.717, 1.165) is 27.7 Å². The fourth-order valence-corrected chi connectivity index (χ4v) is 2.54. The van der Waals surface area contributed by atoms with Crippen molar-refractivity contribution >= 4 is 34.6 Å². The predicted molar refractivity (Wildman–Crippen MR) is 93.1 cm³/mol. The van der Waals surface area contributed by atoms with Crippen LogP contribution in [0.25, 0.3) is 0 Å². The van der Waals surface area contributed by atoms with Crippen LogP contribution in [-0.2, 0) is 0 Å². The van der Waals surface area contributed by atoms with Crippen LogP contribution in [0.1, 0.15) is 29.8 Å². The van der Waals surface area contributed by atoms with Crippen molar-refractivity contribution < 1.29 is 0 Å². The minimum Gasteiger partial charge on any atom is -0.389 e. The molecule has 0 aliphatic rings. The number of nitrogens with zero attached hydrogens (tertiary/aromatic N) is 2. The van der Waals surface area contributed by atoms with Crippen molar-refractivity contribution in [1.29, 1.82) is 0 Å². The lowest BCUT2D eigenvalue weighted by Crippen LogP contribution is -2.26. The highest BCUT2D eigenvalue weighted by atomic mass is 35.5. The average Bonchev–Trinajstić information content (AvgIpc) is 2.45. The van der Waals surface area contributed by atoms with Crippen molar-refractivity contribution in [3.05, 3.63) is 58.2 Å². The number of anilines is 1. The zero-order valence-electron chi connectivity index (χ0n) is 12.3. The van der Waals surface area contributed by atoms with Crippen LogP contribution in [0, 0.1) is 6.92 Å². The molecule has 5 heteroatoms. The van der Waals surface area contributed by atoms with Gasteiger partial charge in [-0.15, -0.1) is 0 Å². The summed E-state index contributed by atoms with van der Waals surface area (Å²) in [6, 6.07) is 11.7. The van der Waals surface area contributed by atoms with Crippen molar-refractivity contribution in [2.75, 3.05) is 11.9 Å². The van der Waals surface area contributed by atoms with E-state index in [4.69, 9.17) is 29.6 Å². The van der Waals surface area contributed by atoms with E-state index in [1.807, 2.05) is 50.4 Å². The summed E-state index contributed by atoms with van der Waals surface area (Å²) in [4.78, 5) is 7.00. The molecule has 110 valence electrons. The number of hydrogen-bond acceptors (Lipinski definition) is 3. The molecule has 0 spiro atoms. The summed E-state index contributed by atoms with van der Waals surface area (Å²) in [5.74, 6) is 0.787. The van der Waals surface area contributed by atoms with Gasteiger partial charge in [-0.05, 0) is 43.7 Å². The van der Waals surface area contributed by atoms with Gasteiger partial charge in [-0.1, -0.05) is 36.0 Å². The Hall–Kier alpha value is -1.65. The lowest BCUT2D eigenvalue weighted by Gasteiger charge is -2.28. The molecule has 2 aromatic rings. The van der Waals surface area contributed by atoms with E-state index < -0.39 is 0 Å². The highest BCUT2D eigenvalue weighted by Gasteiger charge is 2.18. The summed E-state index contributed by atoms with van der Waals surface area (Å²) < 4.78 is 0. The van der Waals surface area contributed by atoms with Crippen LogP contribution in [-0.4, -0.2) is 17.0 Å². The van der Waals surface area contributed by atoms with E-state index in [2.05, 4.69) is 16.8 Å². The lowest BCUT2D eigenvalue weighted by molar-refractivity contribution is 0.726. The first kappa shape index (κ1) is 15.7. The minimum absolute atomic E-state index is 0.103. The third-order valence-corrected chi connectivity index (χ3v) is 3.98. The highest BCUT2D eigenvalue weighted by Crippen LogP contribution is 2.28. The smallest absolute Gasteiger partial charge is 0.139 e. The van der Waals surface area contributed by atoms with Gasteiger partial charge in [-0.25, -0.2) is 4.98 Å². The number of halogens is 1. The van der Waals surface area contributed by atoms with E-state index in [1.54, 1.807) is 0 Å². The Morgan fingerprint density at radius 3 is 2.67 bits per heavy atom. The van der Waals surface area contributed by atoms with E-state index >= 15 is 0 Å². The summed E-state index contributed by atoms with van der Waals surface area (Å²) in [5.41, 5.74) is 8.63. The molecule has 21 heavy (non-hydrogen) atoms. The first-order valence-corrected chi connectivity index (χ1v) is 7.44.